The third kappa shape index (κ3) is 2.66. The molecule has 2 aromatic rings. The highest BCUT2D eigenvalue weighted by molar-refractivity contribution is 9.10. The Balaban J connectivity index is 1.90. The second-order valence-electron chi connectivity index (χ2n) is 4.56. The Morgan fingerprint density at radius 2 is 2.10 bits per heavy atom. The number of hydrogen-bond donors (Lipinski definition) is 2. The van der Waals surface area contributed by atoms with Crippen molar-refractivity contribution in [3.05, 3.63) is 28.6 Å². The molecule has 20 heavy (non-hydrogen) atoms. The van der Waals surface area contributed by atoms with E-state index < -0.39 is 0 Å². The lowest BCUT2D eigenvalue weighted by atomic mass is 10.1. The predicted octanol–water partition coefficient (Wildman–Crippen LogP) is 2.37. The normalized spacial score (nSPS) is 13.5. The zero-order chi connectivity index (χ0) is 13.9. The van der Waals surface area contributed by atoms with Gasteiger partial charge in [0.15, 0.2) is 11.5 Å². The number of aromatic amines is 1. The van der Waals surface area contributed by atoms with Gasteiger partial charge in [-0.2, -0.15) is 0 Å². The van der Waals surface area contributed by atoms with E-state index in [0.717, 1.165) is 46.1 Å². The Morgan fingerprint density at radius 3 is 2.90 bits per heavy atom. The molecule has 0 aliphatic carbocycles. The maximum Gasteiger partial charge on any atom is 0.162 e. The first kappa shape index (κ1) is 13.5. The largest absolute Gasteiger partial charge is 0.486 e. The van der Waals surface area contributed by atoms with E-state index >= 15 is 0 Å². The number of ether oxygens (including phenoxy) is 2. The standard InChI is InChI=1S/C14H16BrN3O2/c1-16-5-4-12-17-13(14(15)18-12)9-2-3-10-11(8-9)20-7-6-19-10/h2-3,8,16H,4-7H2,1H3,(H,17,18). The molecule has 2 heterocycles. The van der Waals surface area contributed by atoms with Crippen molar-refractivity contribution in [3.63, 3.8) is 0 Å². The first-order valence-electron chi connectivity index (χ1n) is 6.57. The lowest BCUT2D eigenvalue weighted by molar-refractivity contribution is 0.171. The summed E-state index contributed by atoms with van der Waals surface area (Å²) in [5.74, 6) is 2.53. The van der Waals surface area contributed by atoms with Gasteiger partial charge in [0.2, 0.25) is 0 Å². The van der Waals surface area contributed by atoms with Gasteiger partial charge >= 0.3 is 0 Å². The van der Waals surface area contributed by atoms with Gasteiger partial charge in [-0.15, -0.1) is 0 Å². The van der Waals surface area contributed by atoms with Gasteiger partial charge in [0.05, 0.1) is 0 Å². The van der Waals surface area contributed by atoms with Gasteiger partial charge in [-0.1, -0.05) is 0 Å². The molecular weight excluding hydrogens is 322 g/mol. The summed E-state index contributed by atoms with van der Waals surface area (Å²) in [6, 6.07) is 5.89. The van der Waals surface area contributed by atoms with E-state index in [1.807, 2.05) is 25.2 Å². The Morgan fingerprint density at radius 1 is 1.30 bits per heavy atom. The minimum absolute atomic E-state index is 0.589. The van der Waals surface area contributed by atoms with E-state index in [4.69, 9.17) is 9.47 Å². The van der Waals surface area contributed by atoms with Crippen LogP contribution < -0.4 is 14.8 Å². The fourth-order valence-electron chi connectivity index (χ4n) is 2.14. The second kappa shape index (κ2) is 5.85. The number of nitrogens with one attached hydrogen (secondary N) is 2. The van der Waals surface area contributed by atoms with Crippen molar-refractivity contribution in [1.82, 2.24) is 15.3 Å². The number of imidazole rings is 1. The van der Waals surface area contributed by atoms with Gasteiger partial charge in [-0.25, -0.2) is 4.98 Å². The van der Waals surface area contributed by atoms with Crippen LogP contribution in [0.4, 0.5) is 0 Å². The Hall–Kier alpha value is -1.53. The van der Waals surface area contributed by atoms with Crippen LogP contribution in [0.1, 0.15) is 5.82 Å². The molecular formula is C14H16BrN3O2. The lowest BCUT2D eigenvalue weighted by Gasteiger charge is -2.18. The van der Waals surface area contributed by atoms with E-state index in [0.29, 0.717) is 13.2 Å². The molecule has 0 radical (unpaired) electrons. The molecule has 0 bridgehead atoms. The monoisotopic (exact) mass is 337 g/mol. The van der Waals surface area contributed by atoms with Crippen LogP contribution in [-0.2, 0) is 6.42 Å². The Labute approximate surface area is 125 Å². The summed E-state index contributed by atoms with van der Waals surface area (Å²) in [4.78, 5) is 7.88. The number of likely N-dealkylation sites (N-methyl/N-ethyl adjacent to an activating group) is 1. The molecule has 0 amide bonds. The third-order valence-electron chi connectivity index (χ3n) is 3.14. The molecule has 0 spiro atoms. The van der Waals surface area contributed by atoms with E-state index in [1.165, 1.54) is 0 Å². The maximum absolute atomic E-state index is 5.61. The van der Waals surface area contributed by atoms with Crippen molar-refractivity contribution in [1.29, 1.82) is 0 Å². The first-order valence-corrected chi connectivity index (χ1v) is 7.36. The SMILES string of the molecule is CNCCc1nc(-c2ccc3c(c2)OCCO3)c(Br)[nH]1. The fourth-order valence-corrected chi connectivity index (χ4v) is 2.69. The number of halogens is 1. The molecule has 0 saturated carbocycles. The minimum Gasteiger partial charge on any atom is -0.486 e. The smallest absolute Gasteiger partial charge is 0.162 e. The van der Waals surface area contributed by atoms with Crippen molar-refractivity contribution in [2.75, 3.05) is 26.8 Å². The molecule has 0 atom stereocenters. The number of H-pyrrole nitrogens is 1. The number of rotatable bonds is 4. The number of nitrogens with zero attached hydrogens (tertiary/aromatic N) is 1. The van der Waals surface area contributed by atoms with E-state index in [1.54, 1.807) is 0 Å². The zero-order valence-corrected chi connectivity index (χ0v) is 12.8. The van der Waals surface area contributed by atoms with Gasteiger partial charge in [0.25, 0.3) is 0 Å². The van der Waals surface area contributed by atoms with Crippen LogP contribution >= 0.6 is 15.9 Å². The van der Waals surface area contributed by atoms with Crippen molar-refractivity contribution >= 4 is 15.9 Å². The Kier molecular flexibility index (Phi) is 3.93. The van der Waals surface area contributed by atoms with Gasteiger partial charge in [0, 0.05) is 18.5 Å². The molecule has 0 saturated heterocycles. The topological polar surface area (TPSA) is 59.2 Å². The number of aromatic nitrogens is 2. The molecule has 1 aliphatic heterocycles. The summed E-state index contributed by atoms with van der Waals surface area (Å²) in [7, 11) is 1.93. The molecule has 5 nitrogen and oxygen atoms in total. The van der Waals surface area contributed by atoms with Crippen molar-refractivity contribution in [2.45, 2.75) is 6.42 Å². The van der Waals surface area contributed by atoms with Crippen LogP contribution in [0.2, 0.25) is 0 Å². The van der Waals surface area contributed by atoms with Crippen LogP contribution in [0.15, 0.2) is 22.8 Å². The van der Waals surface area contributed by atoms with Crippen LogP contribution in [0.25, 0.3) is 11.3 Å². The van der Waals surface area contributed by atoms with Crippen LogP contribution in [0.5, 0.6) is 11.5 Å². The second-order valence-corrected chi connectivity index (χ2v) is 5.35. The number of benzene rings is 1. The van der Waals surface area contributed by atoms with Crippen molar-refractivity contribution in [2.24, 2.45) is 0 Å². The highest BCUT2D eigenvalue weighted by atomic mass is 79.9. The summed E-state index contributed by atoms with van der Waals surface area (Å²) < 4.78 is 12.0. The third-order valence-corrected chi connectivity index (χ3v) is 3.71. The average molecular weight is 338 g/mol. The molecule has 3 rings (SSSR count). The van der Waals surface area contributed by atoms with E-state index in [-0.39, 0.29) is 0 Å². The quantitative estimate of drug-likeness (QED) is 0.899. The van der Waals surface area contributed by atoms with E-state index in [9.17, 15) is 0 Å². The molecule has 2 N–H and O–H groups in total. The van der Waals surface area contributed by atoms with Gasteiger partial charge in [-0.05, 0) is 41.2 Å². The van der Waals surface area contributed by atoms with Gasteiger partial charge in [-0.3, -0.25) is 0 Å². The van der Waals surface area contributed by atoms with Gasteiger partial charge < -0.3 is 19.8 Å². The average Bonchev–Trinajstić information content (AvgIpc) is 2.85. The molecule has 0 unspecified atom stereocenters. The number of hydrogen-bond acceptors (Lipinski definition) is 4. The summed E-state index contributed by atoms with van der Waals surface area (Å²) in [6.07, 6.45) is 0.861. The van der Waals surface area contributed by atoms with Gasteiger partial charge in [0.1, 0.15) is 29.3 Å². The van der Waals surface area contributed by atoms with Crippen molar-refractivity contribution in [3.8, 4) is 22.8 Å². The minimum atomic E-state index is 0.589. The summed E-state index contributed by atoms with van der Waals surface area (Å²) in [6.45, 7) is 2.08. The molecule has 1 aromatic heterocycles. The molecule has 1 aromatic carbocycles. The molecule has 6 heteroatoms. The first-order chi connectivity index (χ1) is 9.78. The number of fused-ring (bicyclic) bond motifs is 1. The molecule has 1 aliphatic rings. The fraction of sp³-hybridized carbons (Fsp3) is 0.357. The molecule has 106 valence electrons. The van der Waals surface area contributed by atoms with Crippen LogP contribution in [0, 0.1) is 0 Å². The zero-order valence-electron chi connectivity index (χ0n) is 11.2. The van der Waals surface area contributed by atoms with Crippen LogP contribution in [0.3, 0.4) is 0 Å². The summed E-state index contributed by atoms with van der Waals surface area (Å²) in [5, 5.41) is 3.11. The highest BCUT2D eigenvalue weighted by Gasteiger charge is 2.15. The highest BCUT2D eigenvalue weighted by Crippen LogP contribution is 2.36. The summed E-state index contributed by atoms with van der Waals surface area (Å²) in [5.41, 5.74) is 1.90. The Bertz CT molecular complexity index is 612. The lowest BCUT2D eigenvalue weighted by Crippen LogP contribution is -2.15. The summed E-state index contributed by atoms with van der Waals surface area (Å²) >= 11 is 3.53. The van der Waals surface area contributed by atoms with Crippen LogP contribution in [-0.4, -0.2) is 36.8 Å². The van der Waals surface area contributed by atoms with Crippen molar-refractivity contribution < 1.29 is 9.47 Å². The maximum atomic E-state index is 5.61. The van der Waals surface area contributed by atoms with E-state index in [2.05, 4.69) is 31.2 Å². The predicted molar refractivity (Wildman–Crippen MR) is 80.3 cm³/mol. The molecule has 0 fully saturated rings.